The fourth-order valence-corrected chi connectivity index (χ4v) is 3.97. The molecule has 2 saturated heterocycles. The second-order valence-electron chi connectivity index (χ2n) is 7.04. The highest BCUT2D eigenvalue weighted by Gasteiger charge is 2.27. The third-order valence-corrected chi connectivity index (χ3v) is 5.42. The molecule has 2 aliphatic heterocycles. The van der Waals surface area contributed by atoms with E-state index in [0.717, 1.165) is 56.3 Å². The molecular formula is C19H28ClN3O2. The lowest BCUT2D eigenvalue weighted by atomic mass is 9.92. The van der Waals surface area contributed by atoms with Gasteiger partial charge in [-0.2, -0.15) is 0 Å². The SMILES string of the molecule is C[C@H]1C[C@@H](C(=O)NCC(c2cccc(Cl)c2)N2CCOCC2)CCN1. The van der Waals surface area contributed by atoms with Crippen LogP contribution in [0.15, 0.2) is 24.3 Å². The van der Waals surface area contributed by atoms with Gasteiger partial charge in [-0.05, 0) is 44.0 Å². The van der Waals surface area contributed by atoms with Gasteiger partial charge in [-0.25, -0.2) is 0 Å². The molecule has 25 heavy (non-hydrogen) atoms. The summed E-state index contributed by atoms with van der Waals surface area (Å²) >= 11 is 6.19. The highest BCUT2D eigenvalue weighted by atomic mass is 35.5. The number of hydrogen-bond donors (Lipinski definition) is 2. The maximum Gasteiger partial charge on any atom is 0.223 e. The standard InChI is InChI=1S/C19H28ClN3O2/c1-14-11-16(5-6-21-14)19(24)22-13-18(23-7-9-25-10-8-23)15-3-2-4-17(20)12-15/h2-4,12,14,16,18,21H,5-11,13H2,1H3,(H,22,24)/t14-,16-,18?/m0/s1. The van der Waals surface area contributed by atoms with Crippen LogP contribution >= 0.6 is 11.6 Å². The number of carbonyl (C=O) groups excluding carboxylic acids is 1. The number of rotatable bonds is 5. The van der Waals surface area contributed by atoms with Gasteiger partial charge < -0.3 is 15.4 Å². The van der Waals surface area contributed by atoms with Gasteiger partial charge in [0.25, 0.3) is 0 Å². The Balaban J connectivity index is 1.66. The highest BCUT2D eigenvalue weighted by molar-refractivity contribution is 6.30. The van der Waals surface area contributed by atoms with Crippen LogP contribution < -0.4 is 10.6 Å². The lowest BCUT2D eigenvalue weighted by molar-refractivity contribution is -0.126. The number of piperidine rings is 1. The molecule has 5 nitrogen and oxygen atoms in total. The number of benzene rings is 1. The first-order chi connectivity index (χ1) is 12.1. The summed E-state index contributed by atoms with van der Waals surface area (Å²) in [5, 5.41) is 7.33. The van der Waals surface area contributed by atoms with E-state index in [0.29, 0.717) is 12.6 Å². The number of ether oxygens (including phenoxy) is 1. The zero-order chi connectivity index (χ0) is 17.6. The van der Waals surface area contributed by atoms with Crippen LogP contribution in [0.1, 0.15) is 31.4 Å². The second-order valence-corrected chi connectivity index (χ2v) is 7.48. The Morgan fingerprint density at radius 3 is 2.96 bits per heavy atom. The first-order valence-electron chi connectivity index (χ1n) is 9.22. The van der Waals surface area contributed by atoms with Crippen molar-refractivity contribution in [3.05, 3.63) is 34.9 Å². The zero-order valence-corrected chi connectivity index (χ0v) is 15.6. The summed E-state index contributed by atoms with van der Waals surface area (Å²) in [7, 11) is 0. The Morgan fingerprint density at radius 2 is 2.24 bits per heavy atom. The summed E-state index contributed by atoms with van der Waals surface area (Å²) < 4.78 is 5.48. The van der Waals surface area contributed by atoms with Crippen LogP contribution in [0.5, 0.6) is 0 Å². The zero-order valence-electron chi connectivity index (χ0n) is 14.8. The summed E-state index contributed by atoms with van der Waals surface area (Å²) in [6.07, 6.45) is 1.82. The Hall–Kier alpha value is -1.14. The van der Waals surface area contributed by atoms with Gasteiger partial charge >= 0.3 is 0 Å². The average molecular weight is 366 g/mol. The van der Waals surface area contributed by atoms with Crippen molar-refractivity contribution < 1.29 is 9.53 Å². The molecule has 0 aromatic heterocycles. The van der Waals surface area contributed by atoms with Crippen LogP contribution in [0.3, 0.4) is 0 Å². The molecule has 1 aromatic rings. The second kappa shape index (κ2) is 8.99. The van der Waals surface area contributed by atoms with Crippen molar-refractivity contribution in [2.24, 2.45) is 5.92 Å². The minimum absolute atomic E-state index is 0.112. The Labute approximate surface area is 155 Å². The van der Waals surface area contributed by atoms with Gasteiger partial charge in [0, 0.05) is 36.6 Å². The van der Waals surface area contributed by atoms with Crippen molar-refractivity contribution in [3.8, 4) is 0 Å². The third-order valence-electron chi connectivity index (χ3n) is 5.18. The number of halogens is 1. The van der Waals surface area contributed by atoms with Crippen molar-refractivity contribution in [2.45, 2.75) is 31.8 Å². The Bertz CT molecular complexity index is 578. The minimum atomic E-state index is 0.112. The molecule has 1 amide bonds. The fraction of sp³-hybridized carbons (Fsp3) is 0.632. The van der Waals surface area contributed by atoms with Crippen LogP contribution in [-0.4, -0.2) is 56.2 Å². The predicted molar refractivity (Wildman–Crippen MR) is 99.8 cm³/mol. The molecule has 2 N–H and O–H groups in total. The van der Waals surface area contributed by atoms with E-state index in [4.69, 9.17) is 16.3 Å². The molecule has 2 heterocycles. The van der Waals surface area contributed by atoms with Crippen molar-refractivity contribution >= 4 is 17.5 Å². The van der Waals surface area contributed by atoms with Gasteiger partial charge in [0.15, 0.2) is 0 Å². The normalized spacial score (nSPS) is 26.2. The summed E-state index contributed by atoms with van der Waals surface area (Å²) in [5.41, 5.74) is 1.15. The average Bonchev–Trinajstić information content (AvgIpc) is 2.63. The van der Waals surface area contributed by atoms with Crippen LogP contribution in [-0.2, 0) is 9.53 Å². The molecule has 0 aliphatic carbocycles. The first kappa shape index (κ1) is 18.6. The quantitative estimate of drug-likeness (QED) is 0.840. The summed E-state index contributed by atoms with van der Waals surface area (Å²) in [5.74, 6) is 0.287. The van der Waals surface area contributed by atoms with Crippen LogP contribution in [0.2, 0.25) is 5.02 Å². The molecule has 1 aromatic carbocycles. The molecule has 0 saturated carbocycles. The van der Waals surface area contributed by atoms with E-state index in [1.807, 2.05) is 18.2 Å². The molecule has 2 fully saturated rings. The Morgan fingerprint density at radius 1 is 1.44 bits per heavy atom. The lowest BCUT2D eigenvalue weighted by Gasteiger charge is -2.35. The van der Waals surface area contributed by atoms with E-state index in [-0.39, 0.29) is 17.9 Å². The smallest absolute Gasteiger partial charge is 0.223 e. The van der Waals surface area contributed by atoms with E-state index < -0.39 is 0 Å². The minimum Gasteiger partial charge on any atom is -0.379 e. The van der Waals surface area contributed by atoms with Crippen LogP contribution in [0.4, 0.5) is 0 Å². The molecule has 0 bridgehead atoms. The molecule has 3 atom stereocenters. The molecule has 1 unspecified atom stereocenters. The maximum atomic E-state index is 12.6. The Kier molecular flexibility index (Phi) is 6.70. The molecule has 138 valence electrons. The van der Waals surface area contributed by atoms with Gasteiger partial charge in [0.1, 0.15) is 0 Å². The van der Waals surface area contributed by atoms with Crippen LogP contribution in [0, 0.1) is 5.92 Å². The maximum absolute atomic E-state index is 12.6. The molecular weight excluding hydrogens is 338 g/mol. The van der Waals surface area contributed by atoms with Gasteiger partial charge in [0.05, 0.1) is 19.3 Å². The highest BCUT2D eigenvalue weighted by Crippen LogP contribution is 2.24. The van der Waals surface area contributed by atoms with Gasteiger partial charge in [-0.1, -0.05) is 23.7 Å². The number of nitrogens with zero attached hydrogens (tertiary/aromatic N) is 1. The van der Waals surface area contributed by atoms with E-state index in [1.54, 1.807) is 0 Å². The number of nitrogens with one attached hydrogen (secondary N) is 2. The number of amides is 1. The first-order valence-corrected chi connectivity index (χ1v) is 9.59. The summed E-state index contributed by atoms with van der Waals surface area (Å²) in [6, 6.07) is 8.49. The van der Waals surface area contributed by atoms with E-state index in [1.165, 1.54) is 0 Å². The van der Waals surface area contributed by atoms with Gasteiger partial charge in [-0.3, -0.25) is 9.69 Å². The molecule has 0 radical (unpaired) electrons. The molecule has 3 rings (SSSR count). The molecule has 0 spiro atoms. The number of hydrogen-bond acceptors (Lipinski definition) is 4. The van der Waals surface area contributed by atoms with Crippen molar-refractivity contribution in [1.82, 2.24) is 15.5 Å². The third kappa shape index (κ3) is 5.17. The van der Waals surface area contributed by atoms with Crippen molar-refractivity contribution in [2.75, 3.05) is 39.4 Å². The molecule has 2 aliphatic rings. The van der Waals surface area contributed by atoms with E-state index >= 15 is 0 Å². The number of morpholine rings is 1. The lowest BCUT2D eigenvalue weighted by Crippen LogP contribution is -2.46. The summed E-state index contributed by atoms with van der Waals surface area (Å²) in [4.78, 5) is 15.0. The van der Waals surface area contributed by atoms with Gasteiger partial charge in [0.2, 0.25) is 5.91 Å². The topological polar surface area (TPSA) is 53.6 Å². The molecule has 6 heteroatoms. The summed E-state index contributed by atoms with van der Waals surface area (Å²) in [6.45, 7) is 6.88. The number of carbonyl (C=O) groups is 1. The van der Waals surface area contributed by atoms with E-state index in [9.17, 15) is 4.79 Å². The largest absolute Gasteiger partial charge is 0.379 e. The van der Waals surface area contributed by atoms with E-state index in [2.05, 4.69) is 28.5 Å². The van der Waals surface area contributed by atoms with Gasteiger partial charge in [-0.15, -0.1) is 0 Å². The predicted octanol–water partition coefficient (Wildman–Crippen LogP) is 2.22. The fourth-order valence-electron chi connectivity index (χ4n) is 3.77. The van der Waals surface area contributed by atoms with Crippen LogP contribution in [0.25, 0.3) is 0 Å². The van der Waals surface area contributed by atoms with Crippen molar-refractivity contribution in [1.29, 1.82) is 0 Å². The monoisotopic (exact) mass is 365 g/mol. The van der Waals surface area contributed by atoms with Crippen molar-refractivity contribution in [3.63, 3.8) is 0 Å².